The molecule has 220 valence electrons. The zero-order valence-electron chi connectivity index (χ0n) is 23.6. The Morgan fingerprint density at radius 3 is 2.69 bits per heavy atom. The number of hydrogen-bond donors (Lipinski definition) is 2. The Balaban J connectivity index is 1.69. The predicted octanol–water partition coefficient (Wildman–Crippen LogP) is 3.84. The van der Waals surface area contributed by atoms with Crippen LogP contribution in [-0.2, 0) is 14.8 Å². The number of pyridine rings is 1. The van der Waals surface area contributed by atoms with E-state index in [1.807, 2.05) is 26.8 Å². The minimum atomic E-state index is -4.26. The number of thiazole rings is 1. The summed E-state index contributed by atoms with van der Waals surface area (Å²) < 4.78 is 46.3. The summed E-state index contributed by atoms with van der Waals surface area (Å²) in [6.45, 7) is 14.8. The highest BCUT2D eigenvalue weighted by Crippen LogP contribution is 2.36. The number of nitrogens with two attached hydrogens (primary N) is 1. The van der Waals surface area contributed by atoms with Gasteiger partial charge in [-0.25, -0.2) is 23.1 Å². The summed E-state index contributed by atoms with van der Waals surface area (Å²) in [5.41, 5.74) is 8.53. The zero-order chi connectivity index (χ0) is 30.2. The van der Waals surface area contributed by atoms with E-state index in [0.717, 1.165) is 41.5 Å². The summed E-state index contributed by atoms with van der Waals surface area (Å²) in [6, 6.07) is 5.17. The summed E-state index contributed by atoms with van der Waals surface area (Å²) in [6.07, 6.45) is 5.92. The summed E-state index contributed by atoms with van der Waals surface area (Å²) in [5.74, 6) is 0.232. The molecule has 1 saturated heterocycles. The molecule has 10 nitrogen and oxygen atoms in total. The van der Waals surface area contributed by atoms with Gasteiger partial charge in [0, 0.05) is 24.0 Å². The minimum Gasteiger partial charge on any atom is -0.490 e. The Labute approximate surface area is 247 Å². The lowest BCUT2D eigenvalue weighted by molar-refractivity contribution is 0.0243. The van der Waals surface area contributed by atoms with Crippen molar-refractivity contribution >= 4 is 56.0 Å². The number of sulfonamides is 1. The van der Waals surface area contributed by atoms with Crippen LogP contribution in [0.2, 0.25) is 0 Å². The third-order valence-corrected chi connectivity index (χ3v) is 10.0. The first-order chi connectivity index (χ1) is 20.0. The Kier molecular flexibility index (Phi) is 8.22. The maximum absolute atomic E-state index is 13.8. The number of hydrogen-bond acceptors (Lipinski definition) is 10. The van der Waals surface area contributed by atoms with Gasteiger partial charge in [0.05, 0.1) is 28.8 Å². The monoisotopic (exact) mass is 608 g/mol. The molecule has 4 aromatic rings. The number of anilines is 1. The van der Waals surface area contributed by atoms with Crippen molar-refractivity contribution in [2.75, 3.05) is 18.9 Å². The highest BCUT2D eigenvalue weighted by molar-refractivity contribution is 7.92. The molecule has 12 heteroatoms. The quantitative estimate of drug-likeness (QED) is 0.305. The first kappa shape index (κ1) is 29.5. The van der Waals surface area contributed by atoms with Gasteiger partial charge in [0.2, 0.25) is 0 Å². The molecule has 1 atom stereocenters. The lowest BCUT2D eigenvalue weighted by Gasteiger charge is -2.29. The summed E-state index contributed by atoms with van der Waals surface area (Å²) in [7, 11) is -4.26. The molecule has 1 amide bonds. The van der Waals surface area contributed by atoms with Crippen LogP contribution in [0.1, 0.15) is 41.3 Å². The molecule has 5 rings (SSSR count). The van der Waals surface area contributed by atoms with Crippen LogP contribution in [0.4, 0.5) is 5.13 Å². The lowest BCUT2D eigenvalue weighted by atomic mass is 9.94. The maximum atomic E-state index is 13.8. The molecule has 0 bridgehead atoms. The standard InChI is InChI=1S/C30H32N4O6S2/c1-6-7-23-17(3)18(4)28(40-23)22-14-21(29(35)34-42(36,37)25-15-32-30(31)41-25)26-24(9-8-16(2)27(26)33-22)39-19(5)20-10-12-38-13-11-20/h6-9,14-15,19-20H,1,3,10-13H2,2,4-5H3,(H2,31,32)(H,34,35)/b23-7+. The number of carbonyl (C=O) groups is 1. The average molecular weight is 609 g/mol. The third-order valence-electron chi connectivity index (χ3n) is 7.41. The molecule has 0 aliphatic carbocycles. The first-order valence-corrected chi connectivity index (χ1v) is 15.7. The molecule has 3 N–H and O–H groups in total. The van der Waals surface area contributed by atoms with E-state index in [9.17, 15) is 13.2 Å². The van der Waals surface area contributed by atoms with Crippen molar-refractivity contribution in [3.8, 4) is 17.2 Å². The van der Waals surface area contributed by atoms with Gasteiger partial charge in [-0.3, -0.25) is 4.79 Å². The van der Waals surface area contributed by atoms with Gasteiger partial charge in [0.15, 0.2) is 15.1 Å². The largest absolute Gasteiger partial charge is 0.490 e. The number of fused-ring (bicyclic) bond motifs is 1. The summed E-state index contributed by atoms with van der Waals surface area (Å²) in [4.78, 5) is 22.5. The van der Waals surface area contributed by atoms with Crippen molar-refractivity contribution in [3.05, 3.63) is 64.4 Å². The van der Waals surface area contributed by atoms with E-state index in [1.54, 1.807) is 18.2 Å². The number of nitrogens with one attached hydrogen (secondary N) is 1. The van der Waals surface area contributed by atoms with Crippen LogP contribution in [0.25, 0.3) is 35.0 Å². The van der Waals surface area contributed by atoms with Crippen LogP contribution < -0.4 is 25.8 Å². The fourth-order valence-electron chi connectivity index (χ4n) is 5.00. The van der Waals surface area contributed by atoms with Crippen LogP contribution in [-0.4, -0.2) is 43.6 Å². The molecule has 3 aromatic heterocycles. The number of nitrogen functional groups attached to an aromatic ring is 1. The van der Waals surface area contributed by atoms with Crippen molar-refractivity contribution < 1.29 is 27.1 Å². The van der Waals surface area contributed by atoms with Gasteiger partial charge in [0.25, 0.3) is 15.9 Å². The van der Waals surface area contributed by atoms with E-state index in [-0.39, 0.29) is 26.9 Å². The van der Waals surface area contributed by atoms with Gasteiger partial charge in [-0.05, 0) is 63.3 Å². The van der Waals surface area contributed by atoms with Gasteiger partial charge >= 0.3 is 0 Å². The SMILES string of the molecule is C=C/C=c1/oc(-c2cc(C(=O)NS(=O)(=O)c3cnc(N)s3)c3c(OC(C)C4CCOCC4)ccc(C)c3n2)c(C)c1=C. The van der Waals surface area contributed by atoms with Crippen LogP contribution in [0.3, 0.4) is 0 Å². The van der Waals surface area contributed by atoms with Crippen molar-refractivity contribution in [2.45, 2.75) is 43.9 Å². The second-order valence-electron chi connectivity index (χ2n) is 10.2. The molecule has 0 spiro atoms. The molecule has 0 saturated carbocycles. The number of amides is 1. The summed E-state index contributed by atoms with van der Waals surface area (Å²) in [5, 5.41) is 1.12. The number of allylic oxidation sites excluding steroid dienone is 1. The van der Waals surface area contributed by atoms with E-state index in [1.165, 1.54) is 6.07 Å². The Morgan fingerprint density at radius 1 is 1.29 bits per heavy atom. The van der Waals surface area contributed by atoms with Crippen molar-refractivity contribution in [3.63, 3.8) is 0 Å². The molecule has 0 radical (unpaired) electrons. The molecule has 4 heterocycles. The molecule has 1 aliphatic rings. The molecule has 1 aromatic carbocycles. The molecule has 1 fully saturated rings. The Hall–Kier alpha value is -4.00. The van der Waals surface area contributed by atoms with Crippen LogP contribution in [0.15, 0.2) is 45.7 Å². The highest BCUT2D eigenvalue weighted by Gasteiger charge is 2.28. The Bertz CT molecular complexity index is 1910. The third kappa shape index (κ3) is 5.69. The van der Waals surface area contributed by atoms with Gasteiger partial charge in [-0.15, -0.1) is 0 Å². The number of ether oxygens (including phenoxy) is 2. The van der Waals surface area contributed by atoms with E-state index >= 15 is 0 Å². The first-order valence-electron chi connectivity index (χ1n) is 13.4. The number of rotatable bonds is 8. The van der Waals surface area contributed by atoms with Crippen molar-refractivity contribution in [1.82, 2.24) is 14.7 Å². The van der Waals surface area contributed by atoms with Gasteiger partial charge in [-0.2, -0.15) is 0 Å². The number of nitrogens with zero attached hydrogens (tertiary/aromatic N) is 2. The molecule has 1 unspecified atom stereocenters. The van der Waals surface area contributed by atoms with Crippen molar-refractivity contribution in [2.24, 2.45) is 5.92 Å². The normalized spacial score (nSPS) is 15.5. The van der Waals surface area contributed by atoms with E-state index in [4.69, 9.17) is 24.6 Å². The molecule has 1 aliphatic heterocycles. The van der Waals surface area contributed by atoms with Gasteiger partial charge in [-0.1, -0.05) is 36.6 Å². The zero-order valence-corrected chi connectivity index (χ0v) is 25.2. The lowest BCUT2D eigenvalue weighted by Crippen LogP contribution is -2.31. The fraction of sp³-hybridized carbons (Fsp3) is 0.300. The van der Waals surface area contributed by atoms with E-state index in [2.05, 4.69) is 22.9 Å². The average Bonchev–Trinajstić information content (AvgIpc) is 3.54. The van der Waals surface area contributed by atoms with E-state index < -0.39 is 15.9 Å². The number of furan rings is 1. The fourth-order valence-corrected chi connectivity index (χ4v) is 6.88. The van der Waals surface area contributed by atoms with Crippen LogP contribution in [0.5, 0.6) is 5.75 Å². The second kappa shape index (κ2) is 11.7. The molecule has 42 heavy (non-hydrogen) atoms. The van der Waals surface area contributed by atoms with Gasteiger partial charge < -0.3 is 19.6 Å². The summed E-state index contributed by atoms with van der Waals surface area (Å²) >= 11 is 0.759. The number of benzene rings is 1. The van der Waals surface area contributed by atoms with Gasteiger partial charge in [0.1, 0.15) is 16.9 Å². The second-order valence-corrected chi connectivity index (χ2v) is 13.2. The van der Waals surface area contributed by atoms with Crippen LogP contribution >= 0.6 is 11.3 Å². The maximum Gasteiger partial charge on any atom is 0.275 e. The number of carbonyl (C=O) groups excluding carboxylic acids is 1. The smallest absolute Gasteiger partial charge is 0.275 e. The number of aryl methyl sites for hydroxylation is 1. The topological polar surface area (TPSA) is 147 Å². The molecular weight excluding hydrogens is 576 g/mol. The van der Waals surface area contributed by atoms with E-state index in [0.29, 0.717) is 52.0 Å². The number of aromatic nitrogens is 2. The van der Waals surface area contributed by atoms with Crippen molar-refractivity contribution in [1.29, 1.82) is 0 Å². The molecular formula is C30H32N4O6S2. The predicted molar refractivity (Wildman–Crippen MR) is 163 cm³/mol. The van der Waals surface area contributed by atoms with Crippen LogP contribution in [0, 0.1) is 19.8 Å². The Morgan fingerprint density at radius 2 is 2.02 bits per heavy atom. The highest BCUT2D eigenvalue weighted by atomic mass is 32.2. The minimum absolute atomic E-state index is 0.0598.